The summed E-state index contributed by atoms with van der Waals surface area (Å²) in [6, 6.07) is 7.34. The van der Waals surface area contributed by atoms with Crippen LogP contribution in [0.5, 0.6) is 5.75 Å². The van der Waals surface area contributed by atoms with Crippen molar-refractivity contribution in [3.8, 4) is 5.75 Å². The molecule has 0 bridgehead atoms. The third-order valence-electron chi connectivity index (χ3n) is 2.47. The molecule has 0 aromatic heterocycles. The van der Waals surface area contributed by atoms with E-state index in [2.05, 4.69) is 20.6 Å². The number of methoxy groups -OCH3 is 1. The van der Waals surface area contributed by atoms with Crippen molar-refractivity contribution in [2.45, 2.75) is 12.5 Å². The minimum absolute atomic E-state index is 0.248. The fraction of sp³-hybridized carbons (Fsp3) is 0.308. The second-order valence-electron chi connectivity index (χ2n) is 3.81. The highest BCUT2D eigenvalue weighted by atomic mass is 32.0. The molecular weight excluding hydrogens is 280 g/mol. The number of benzene rings is 1. The van der Waals surface area contributed by atoms with Gasteiger partial charge in [0, 0.05) is 0 Å². The standard InChI is InChI=1S/C13H19NO3P2/c1-3-8-17-11-6-4-10(5-7-11)9-12(14-19-18)13(15)16-2/h3-7,12,14,19H,1,8-9,18H2,2H3. The van der Waals surface area contributed by atoms with Gasteiger partial charge in [0.1, 0.15) is 18.4 Å². The molecule has 0 radical (unpaired) electrons. The van der Waals surface area contributed by atoms with Gasteiger partial charge in [-0.2, -0.15) is 0 Å². The summed E-state index contributed by atoms with van der Waals surface area (Å²) in [4.78, 5) is 11.6. The van der Waals surface area contributed by atoms with Crippen LogP contribution in [0.25, 0.3) is 0 Å². The van der Waals surface area contributed by atoms with Crippen LogP contribution in [0.15, 0.2) is 36.9 Å². The van der Waals surface area contributed by atoms with E-state index in [1.807, 2.05) is 24.3 Å². The predicted molar refractivity (Wildman–Crippen MR) is 82.8 cm³/mol. The fourth-order valence-corrected chi connectivity index (χ4v) is 2.57. The molecule has 3 atom stereocenters. The van der Waals surface area contributed by atoms with Crippen LogP contribution in [0.4, 0.5) is 0 Å². The largest absolute Gasteiger partial charge is 0.490 e. The minimum Gasteiger partial charge on any atom is -0.490 e. The highest BCUT2D eigenvalue weighted by molar-refractivity contribution is 8.01. The Morgan fingerprint density at radius 1 is 1.53 bits per heavy atom. The molecule has 19 heavy (non-hydrogen) atoms. The van der Waals surface area contributed by atoms with Crippen molar-refractivity contribution in [3.63, 3.8) is 0 Å². The number of hydrogen-bond donors (Lipinski definition) is 1. The lowest BCUT2D eigenvalue weighted by Gasteiger charge is -2.15. The first-order chi connectivity index (χ1) is 9.21. The summed E-state index contributed by atoms with van der Waals surface area (Å²) >= 11 is 0. The van der Waals surface area contributed by atoms with Gasteiger partial charge in [0.2, 0.25) is 0 Å². The van der Waals surface area contributed by atoms with E-state index in [4.69, 9.17) is 9.47 Å². The molecule has 1 rings (SSSR count). The zero-order valence-electron chi connectivity index (χ0n) is 10.9. The molecule has 0 saturated heterocycles. The maximum Gasteiger partial charge on any atom is 0.323 e. The van der Waals surface area contributed by atoms with Crippen LogP contribution in [0.2, 0.25) is 0 Å². The maximum atomic E-state index is 11.6. The van der Waals surface area contributed by atoms with E-state index >= 15 is 0 Å². The molecule has 0 heterocycles. The van der Waals surface area contributed by atoms with Gasteiger partial charge in [-0.15, -0.1) is 0 Å². The second-order valence-corrected chi connectivity index (χ2v) is 5.26. The van der Waals surface area contributed by atoms with Gasteiger partial charge in [0.25, 0.3) is 0 Å². The van der Waals surface area contributed by atoms with Gasteiger partial charge in [0.15, 0.2) is 0 Å². The van der Waals surface area contributed by atoms with Crippen molar-refractivity contribution in [1.82, 2.24) is 5.09 Å². The molecule has 0 aliphatic rings. The molecule has 4 nitrogen and oxygen atoms in total. The Bertz CT molecular complexity index is 409. The van der Waals surface area contributed by atoms with Crippen LogP contribution >= 0.6 is 17.3 Å². The summed E-state index contributed by atoms with van der Waals surface area (Å²) in [6.45, 7) is 4.08. The molecule has 0 amide bonds. The van der Waals surface area contributed by atoms with Gasteiger partial charge in [-0.1, -0.05) is 33.7 Å². The Morgan fingerprint density at radius 2 is 2.21 bits per heavy atom. The zero-order valence-corrected chi connectivity index (χ0v) is 13.0. The summed E-state index contributed by atoms with van der Waals surface area (Å²) in [5.41, 5.74) is 1.05. The molecule has 0 saturated carbocycles. The van der Waals surface area contributed by atoms with Crippen molar-refractivity contribution in [2.24, 2.45) is 0 Å². The van der Waals surface area contributed by atoms with Gasteiger partial charge in [-0.3, -0.25) is 9.88 Å². The van der Waals surface area contributed by atoms with Crippen LogP contribution in [0.3, 0.4) is 0 Å². The topological polar surface area (TPSA) is 47.6 Å². The molecule has 0 spiro atoms. The lowest BCUT2D eigenvalue weighted by atomic mass is 10.1. The number of rotatable bonds is 8. The average Bonchev–Trinajstić information content (AvgIpc) is 2.45. The molecule has 0 aliphatic heterocycles. The van der Waals surface area contributed by atoms with E-state index < -0.39 is 0 Å². The van der Waals surface area contributed by atoms with Crippen LogP contribution in [-0.2, 0) is 16.0 Å². The third kappa shape index (κ3) is 5.69. The van der Waals surface area contributed by atoms with Crippen molar-refractivity contribution >= 4 is 23.3 Å². The Morgan fingerprint density at radius 3 is 2.74 bits per heavy atom. The Hall–Kier alpha value is -0.950. The van der Waals surface area contributed by atoms with Gasteiger partial charge in [-0.05, 0) is 32.5 Å². The molecule has 1 N–H and O–H groups in total. The van der Waals surface area contributed by atoms with Gasteiger partial charge >= 0.3 is 5.97 Å². The first-order valence-corrected chi connectivity index (χ1v) is 8.63. The van der Waals surface area contributed by atoms with Crippen molar-refractivity contribution in [1.29, 1.82) is 0 Å². The Labute approximate surface area is 117 Å². The zero-order chi connectivity index (χ0) is 14.1. The lowest BCUT2D eigenvalue weighted by molar-refractivity contribution is -0.142. The average molecular weight is 299 g/mol. The molecule has 6 heteroatoms. The summed E-state index contributed by atoms with van der Waals surface area (Å²) < 4.78 is 10.2. The Balaban J connectivity index is 2.63. The van der Waals surface area contributed by atoms with Gasteiger partial charge in [-0.25, -0.2) is 0 Å². The smallest absolute Gasteiger partial charge is 0.323 e. The van der Waals surface area contributed by atoms with Crippen molar-refractivity contribution < 1.29 is 14.3 Å². The molecule has 0 aliphatic carbocycles. The summed E-state index contributed by atoms with van der Waals surface area (Å²) in [6.07, 6.45) is 2.29. The van der Waals surface area contributed by atoms with Crippen LogP contribution in [-0.4, -0.2) is 25.7 Å². The van der Waals surface area contributed by atoms with E-state index in [0.717, 1.165) is 11.3 Å². The molecule has 0 fully saturated rings. The minimum atomic E-state index is -0.319. The first-order valence-electron chi connectivity index (χ1n) is 5.82. The lowest BCUT2D eigenvalue weighted by Crippen LogP contribution is -2.34. The Kier molecular flexibility index (Phi) is 7.66. The number of hydrogen-bond acceptors (Lipinski definition) is 4. The van der Waals surface area contributed by atoms with E-state index in [9.17, 15) is 4.79 Å². The quantitative estimate of drug-likeness (QED) is 0.454. The summed E-state index contributed by atoms with van der Waals surface area (Å²) in [5, 5.41) is 3.10. The fourth-order valence-electron chi connectivity index (χ4n) is 1.55. The van der Waals surface area contributed by atoms with Crippen LogP contribution < -0.4 is 9.82 Å². The number of esters is 1. The van der Waals surface area contributed by atoms with Gasteiger partial charge in [0.05, 0.1) is 7.11 Å². The number of carbonyl (C=O) groups is 1. The summed E-state index contributed by atoms with van der Waals surface area (Å²) in [5.74, 6) is 0.543. The van der Waals surface area contributed by atoms with E-state index in [1.165, 1.54) is 7.11 Å². The molecular formula is C13H19NO3P2. The highest BCUT2D eigenvalue weighted by Gasteiger charge is 2.18. The molecule has 3 unspecified atom stereocenters. The molecule has 1 aromatic rings. The number of ether oxygens (including phenoxy) is 2. The molecule has 1 aromatic carbocycles. The highest BCUT2D eigenvalue weighted by Crippen LogP contribution is 2.18. The van der Waals surface area contributed by atoms with Crippen molar-refractivity contribution in [3.05, 3.63) is 42.5 Å². The van der Waals surface area contributed by atoms with Crippen LogP contribution in [0, 0.1) is 0 Å². The first kappa shape index (κ1) is 16.1. The van der Waals surface area contributed by atoms with Crippen LogP contribution in [0.1, 0.15) is 5.56 Å². The SMILES string of the molecule is C=CCOc1ccc(CC(NPP)C(=O)OC)cc1. The molecule has 104 valence electrons. The monoisotopic (exact) mass is 299 g/mol. The predicted octanol–water partition coefficient (Wildman–Crippen LogP) is 2.31. The van der Waals surface area contributed by atoms with E-state index in [1.54, 1.807) is 6.08 Å². The normalized spacial score (nSPS) is 12.3. The third-order valence-corrected chi connectivity index (χ3v) is 3.49. The number of nitrogens with one attached hydrogen (secondary N) is 1. The van der Waals surface area contributed by atoms with Crippen molar-refractivity contribution in [2.75, 3.05) is 13.7 Å². The van der Waals surface area contributed by atoms with E-state index in [-0.39, 0.29) is 12.0 Å². The van der Waals surface area contributed by atoms with Gasteiger partial charge < -0.3 is 9.47 Å². The summed E-state index contributed by atoms with van der Waals surface area (Å²) in [7, 11) is 4.37. The second kappa shape index (κ2) is 9.03. The van der Waals surface area contributed by atoms with E-state index in [0.29, 0.717) is 21.4 Å². The number of carbonyl (C=O) groups excluding carboxylic acids is 1. The maximum absolute atomic E-state index is 11.6.